The minimum absolute atomic E-state index is 0.495. The van der Waals surface area contributed by atoms with E-state index in [-0.39, 0.29) is 0 Å². The van der Waals surface area contributed by atoms with Crippen LogP contribution in [0.1, 0.15) is 25.7 Å². The number of Topliss-reactive ketones (excluding diaryl/α,β-unsaturated/α-hetero) is 1. The van der Waals surface area contributed by atoms with Crippen LogP contribution in [0.2, 0.25) is 10.6 Å². The van der Waals surface area contributed by atoms with Crippen molar-refractivity contribution in [3.8, 4) is 0 Å². The van der Waals surface area contributed by atoms with Crippen molar-refractivity contribution in [2.24, 2.45) is 0 Å². The summed E-state index contributed by atoms with van der Waals surface area (Å²) in [7, 11) is 0. The molecule has 1 nitrogen and oxygen atoms in total. The summed E-state index contributed by atoms with van der Waals surface area (Å²) >= 11 is 0.704. The summed E-state index contributed by atoms with van der Waals surface area (Å²) < 4.78 is 0. The van der Waals surface area contributed by atoms with Crippen molar-refractivity contribution in [2.45, 2.75) is 36.3 Å². The van der Waals surface area contributed by atoms with Crippen LogP contribution in [-0.2, 0) is 4.79 Å². The van der Waals surface area contributed by atoms with Crippen LogP contribution in [0.5, 0.6) is 0 Å². The Kier molecular flexibility index (Phi) is 2.74. The molecule has 0 radical (unpaired) electrons. The molecule has 0 heterocycles. The second kappa shape index (κ2) is 3.38. The number of hydrogen-bond acceptors (Lipinski definition) is 1. The van der Waals surface area contributed by atoms with Crippen LogP contribution >= 0.6 is 0 Å². The molecule has 1 saturated carbocycles. The molecule has 0 aromatic carbocycles. The van der Waals surface area contributed by atoms with Crippen LogP contribution in [0.15, 0.2) is 0 Å². The van der Waals surface area contributed by atoms with E-state index in [9.17, 15) is 4.79 Å². The number of rotatable bonds is 1. The summed E-state index contributed by atoms with van der Waals surface area (Å²) in [5, 5.41) is 0. The number of carbonyl (C=O) groups is 1. The number of carbonyl (C=O) groups excluding carboxylic acids is 1. The Morgan fingerprint density at radius 3 is 2.89 bits per heavy atom. The summed E-state index contributed by atoms with van der Waals surface area (Å²) in [6.45, 7) is 0. The van der Waals surface area contributed by atoms with Gasteiger partial charge in [0.05, 0.1) is 0 Å². The molecule has 0 aliphatic heterocycles. The predicted octanol–water partition coefficient (Wildman–Crippen LogP) is 1.67. The third-order valence-electron chi connectivity index (χ3n) is 1.77. The van der Waals surface area contributed by atoms with Gasteiger partial charge in [-0.15, -0.1) is 0 Å². The molecule has 0 saturated heterocycles. The van der Waals surface area contributed by atoms with E-state index < -0.39 is 0 Å². The molecular formula is C7H12OSe. The zero-order valence-electron chi connectivity index (χ0n) is 5.72. The van der Waals surface area contributed by atoms with Gasteiger partial charge in [-0.05, 0) is 0 Å². The molecule has 1 fully saturated rings. The predicted molar refractivity (Wildman–Crippen MR) is 38.8 cm³/mol. The van der Waals surface area contributed by atoms with E-state index in [1.165, 1.54) is 6.42 Å². The van der Waals surface area contributed by atoms with Crippen LogP contribution in [0.25, 0.3) is 0 Å². The fourth-order valence-electron chi connectivity index (χ4n) is 1.19. The van der Waals surface area contributed by atoms with E-state index in [1.807, 2.05) is 0 Å². The van der Waals surface area contributed by atoms with Crippen LogP contribution < -0.4 is 0 Å². The van der Waals surface area contributed by atoms with Gasteiger partial charge in [0.1, 0.15) is 0 Å². The standard InChI is InChI=1S/C7H12OSe/c1-9-7-4-2-3-6(8)5-7/h7H,2-5H2,1H3. The Balaban J connectivity index is 2.32. The second-order valence-corrected chi connectivity index (χ2v) is 4.88. The first kappa shape index (κ1) is 7.30. The Labute approximate surface area is 62.4 Å². The first-order valence-electron chi connectivity index (χ1n) is 3.37. The van der Waals surface area contributed by atoms with E-state index in [0.29, 0.717) is 20.7 Å². The summed E-state index contributed by atoms with van der Waals surface area (Å²) in [5.41, 5.74) is 0. The van der Waals surface area contributed by atoms with Gasteiger partial charge in [-0.1, -0.05) is 0 Å². The molecule has 1 aliphatic carbocycles. The van der Waals surface area contributed by atoms with E-state index >= 15 is 0 Å². The fourth-order valence-corrected chi connectivity index (χ4v) is 2.77. The number of ketones is 1. The molecule has 1 unspecified atom stereocenters. The van der Waals surface area contributed by atoms with Crippen molar-refractivity contribution in [3.63, 3.8) is 0 Å². The molecular weight excluding hydrogens is 179 g/mol. The van der Waals surface area contributed by atoms with Gasteiger partial charge >= 0.3 is 61.9 Å². The quantitative estimate of drug-likeness (QED) is 0.576. The fraction of sp³-hybridized carbons (Fsp3) is 0.857. The summed E-state index contributed by atoms with van der Waals surface area (Å²) in [5.74, 6) is 2.73. The molecule has 2 heteroatoms. The zero-order valence-corrected chi connectivity index (χ0v) is 7.44. The Morgan fingerprint density at radius 1 is 1.67 bits per heavy atom. The normalized spacial score (nSPS) is 28.6. The average Bonchev–Trinajstić information content (AvgIpc) is 1.88. The molecule has 0 spiro atoms. The number of hydrogen-bond donors (Lipinski definition) is 0. The van der Waals surface area contributed by atoms with E-state index in [2.05, 4.69) is 5.82 Å². The van der Waals surface area contributed by atoms with E-state index in [4.69, 9.17) is 0 Å². The molecule has 0 aromatic rings. The third kappa shape index (κ3) is 2.11. The molecule has 1 aliphatic rings. The topological polar surface area (TPSA) is 17.1 Å². The van der Waals surface area contributed by atoms with Gasteiger partial charge in [-0.2, -0.15) is 0 Å². The van der Waals surface area contributed by atoms with Gasteiger partial charge in [-0.3, -0.25) is 0 Å². The average molecular weight is 191 g/mol. The summed E-state index contributed by atoms with van der Waals surface area (Å²) in [6.07, 6.45) is 4.20. The zero-order chi connectivity index (χ0) is 6.69. The van der Waals surface area contributed by atoms with Crippen molar-refractivity contribution in [3.05, 3.63) is 0 Å². The van der Waals surface area contributed by atoms with Gasteiger partial charge in [0.15, 0.2) is 0 Å². The Hall–Kier alpha value is 0.189. The van der Waals surface area contributed by atoms with Crippen molar-refractivity contribution in [1.29, 1.82) is 0 Å². The van der Waals surface area contributed by atoms with Crippen molar-refractivity contribution < 1.29 is 4.79 Å². The van der Waals surface area contributed by atoms with Crippen molar-refractivity contribution in [1.82, 2.24) is 0 Å². The minimum atomic E-state index is 0.495. The third-order valence-corrected chi connectivity index (χ3v) is 4.01. The SMILES string of the molecule is C[Se]C1CCCC(=O)C1. The molecule has 1 atom stereocenters. The molecule has 9 heavy (non-hydrogen) atoms. The molecule has 0 N–H and O–H groups in total. The van der Waals surface area contributed by atoms with Gasteiger partial charge in [-0.25, -0.2) is 0 Å². The van der Waals surface area contributed by atoms with Gasteiger partial charge in [0, 0.05) is 0 Å². The van der Waals surface area contributed by atoms with E-state index in [0.717, 1.165) is 24.1 Å². The van der Waals surface area contributed by atoms with Crippen LogP contribution in [0.4, 0.5) is 0 Å². The first-order chi connectivity index (χ1) is 4.33. The second-order valence-electron chi connectivity index (χ2n) is 2.49. The van der Waals surface area contributed by atoms with Crippen molar-refractivity contribution >= 4 is 20.7 Å². The Bertz CT molecular complexity index is 111. The molecule has 0 amide bonds. The van der Waals surface area contributed by atoms with Crippen molar-refractivity contribution in [2.75, 3.05) is 0 Å². The Morgan fingerprint density at radius 2 is 2.44 bits per heavy atom. The monoisotopic (exact) mass is 192 g/mol. The molecule has 0 bridgehead atoms. The molecule has 0 aromatic heterocycles. The van der Waals surface area contributed by atoms with Crippen LogP contribution in [0, 0.1) is 0 Å². The maximum atomic E-state index is 10.8. The molecule has 1 rings (SSSR count). The first-order valence-corrected chi connectivity index (χ1v) is 6.07. The van der Waals surface area contributed by atoms with Gasteiger partial charge in [0.25, 0.3) is 0 Å². The molecule has 52 valence electrons. The summed E-state index contributed by atoms with van der Waals surface area (Å²) in [6, 6.07) is 0. The van der Waals surface area contributed by atoms with E-state index in [1.54, 1.807) is 0 Å². The van der Waals surface area contributed by atoms with Gasteiger partial charge < -0.3 is 0 Å². The summed E-state index contributed by atoms with van der Waals surface area (Å²) in [4.78, 5) is 11.6. The van der Waals surface area contributed by atoms with Gasteiger partial charge in [0.2, 0.25) is 0 Å². The van der Waals surface area contributed by atoms with Crippen LogP contribution in [-0.4, -0.2) is 20.7 Å². The van der Waals surface area contributed by atoms with Crippen LogP contribution in [0.3, 0.4) is 0 Å². The maximum absolute atomic E-state index is 10.8.